The molecule has 0 unspecified atom stereocenters. The van der Waals surface area contributed by atoms with Gasteiger partial charge >= 0.3 is 7.12 Å². The van der Waals surface area contributed by atoms with E-state index in [0.29, 0.717) is 0 Å². The third-order valence-electron chi connectivity index (χ3n) is 3.82. The van der Waals surface area contributed by atoms with E-state index in [1.54, 1.807) is 12.4 Å². The number of aromatic nitrogens is 3. The van der Waals surface area contributed by atoms with Crippen LogP contribution in [0, 0.1) is 0 Å². The average molecular weight is 245 g/mol. The fraction of sp³-hybridized carbons (Fsp3) is 0.500. The molecule has 0 saturated carbocycles. The van der Waals surface area contributed by atoms with Gasteiger partial charge in [-0.3, -0.25) is 4.98 Å². The highest BCUT2D eigenvalue weighted by atomic mass is 16.7. The second kappa shape index (κ2) is 3.55. The lowest BCUT2D eigenvalue weighted by atomic mass is 9.84. The number of fused-ring (bicyclic) bond motifs is 1. The Morgan fingerprint density at radius 1 is 1.00 bits per heavy atom. The smallest absolute Gasteiger partial charge is 0.398 e. The Hall–Kier alpha value is -1.40. The molecular weight excluding hydrogens is 229 g/mol. The first-order valence-electron chi connectivity index (χ1n) is 6.04. The fourth-order valence-electron chi connectivity index (χ4n) is 2.00. The monoisotopic (exact) mass is 245 g/mol. The van der Waals surface area contributed by atoms with Gasteiger partial charge in [0.25, 0.3) is 0 Å². The number of hydrogen-bond donors (Lipinski definition) is 0. The maximum atomic E-state index is 5.99. The molecule has 1 fully saturated rings. The Labute approximate surface area is 106 Å². The van der Waals surface area contributed by atoms with E-state index in [2.05, 4.69) is 9.97 Å². The summed E-state index contributed by atoms with van der Waals surface area (Å²) in [5, 5.41) is 0. The van der Waals surface area contributed by atoms with Crippen LogP contribution in [0.2, 0.25) is 0 Å². The third-order valence-corrected chi connectivity index (χ3v) is 3.82. The Kier molecular flexibility index (Phi) is 2.31. The van der Waals surface area contributed by atoms with Crippen molar-refractivity contribution in [2.75, 3.05) is 0 Å². The van der Waals surface area contributed by atoms with Gasteiger partial charge < -0.3 is 13.7 Å². The minimum absolute atomic E-state index is 0.362. The zero-order chi connectivity index (χ0) is 13.0. The molecule has 0 aliphatic carbocycles. The number of rotatable bonds is 1. The van der Waals surface area contributed by atoms with Gasteiger partial charge in [-0.1, -0.05) is 0 Å². The summed E-state index contributed by atoms with van der Waals surface area (Å²) >= 11 is 0. The Balaban J connectivity index is 2.05. The van der Waals surface area contributed by atoms with Gasteiger partial charge in [-0.2, -0.15) is 0 Å². The topological polar surface area (TPSA) is 48.7 Å². The average Bonchev–Trinajstić information content (AvgIpc) is 2.81. The predicted molar refractivity (Wildman–Crippen MR) is 68.7 cm³/mol. The lowest BCUT2D eigenvalue weighted by molar-refractivity contribution is 0.00578. The van der Waals surface area contributed by atoms with Crippen molar-refractivity contribution in [1.82, 2.24) is 14.4 Å². The first-order valence-corrected chi connectivity index (χ1v) is 6.04. The summed E-state index contributed by atoms with van der Waals surface area (Å²) in [5.41, 5.74) is 0.773. The van der Waals surface area contributed by atoms with Crippen LogP contribution in [0.4, 0.5) is 0 Å². The summed E-state index contributed by atoms with van der Waals surface area (Å²) in [6.45, 7) is 8.11. The van der Waals surface area contributed by atoms with E-state index < -0.39 is 7.12 Å². The molecule has 5 nitrogen and oxygen atoms in total. The van der Waals surface area contributed by atoms with E-state index in [4.69, 9.17) is 9.31 Å². The molecule has 0 bridgehead atoms. The highest BCUT2D eigenvalue weighted by Crippen LogP contribution is 2.36. The molecule has 0 aromatic carbocycles. The lowest BCUT2D eigenvalue weighted by Crippen LogP contribution is -2.41. The van der Waals surface area contributed by atoms with Crippen LogP contribution in [0.15, 0.2) is 24.8 Å². The van der Waals surface area contributed by atoms with E-state index in [9.17, 15) is 0 Å². The normalized spacial score (nSPS) is 21.7. The summed E-state index contributed by atoms with van der Waals surface area (Å²) in [4.78, 5) is 8.66. The van der Waals surface area contributed by atoms with E-state index in [1.165, 1.54) is 0 Å². The SMILES string of the molecule is CC1(C)OB(c2nccn3ccnc23)OC1(C)C. The van der Waals surface area contributed by atoms with Gasteiger partial charge in [-0.25, -0.2) is 4.98 Å². The van der Waals surface area contributed by atoms with Crippen LogP contribution in [0.1, 0.15) is 27.7 Å². The number of hydrogen-bond acceptors (Lipinski definition) is 4. The first-order chi connectivity index (χ1) is 8.41. The standard InChI is InChI=1S/C12H16BN3O2/c1-11(2)12(3,4)18-13(17-11)9-10-15-6-8-16(10)7-5-14-9/h5-8H,1-4H3. The Morgan fingerprint density at radius 2 is 1.56 bits per heavy atom. The van der Waals surface area contributed by atoms with E-state index in [1.807, 2.05) is 44.5 Å². The van der Waals surface area contributed by atoms with Gasteiger partial charge in [-0.05, 0) is 27.7 Å². The number of imidazole rings is 1. The second-order valence-electron chi connectivity index (χ2n) is 5.56. The molecule has 3 heterocycles. The minimum Gasteiger partial charge on any atom is -0.398 e. The van der Waals surface area contributed by atoms with Crippen LogP contribution >= 0.6 is 0 Å². The zero-order valence-electron chi connectivity index (χ0n) is 11.0. The summed E-state index contributed by atoms with van der Waals surface area (Å²) in [6.07, 6.45) is 7.21. The molecule has 3 rings (SSSR count). The first kappa shape index (κ1) is 11.7. The van der Waals surface area contributed by atoms with Crippen molar-refractivity contribution in [3.05, 3.63) is 24.8 Å². The molecule has 1 aliphatic rings. The van der Waals surface area contributed by atoms with Crippen molar-refractivity contribution in [2.45, 2.75) is 38.9 Å². The molecule has 0 amide bonds. The maximum Gasteiger partial charge on any atom is 0.518 e. The van der Waals surface area contributed by atoms with Gasteiger partial charge in [0.15, 0.2) is 5.65 Å². The van der Waals surface area contributed by atoms with Crippen LogP contribution < -0.4 is 5.59 Å². The van der Waals surface area contributed by atoms with Crippen molar-refractivity contribution in [2.24, 2.45) is 0 Å². The molecular formula is C12H16BN3O2. The van der Waals surface area contributed by atoms with Gasteiger partial charge in [0.05, 0.1) is 11.2 Å². The molecule has 0 radical (unpaired) electrons. The molecule has 2 aromatic heterocycles. The summed E-state index contributed by atoms with van der Waals surface area (Å²) in [6, 6.07) is 0. The van der Waals surface area contributed by atoms with E-state index in [-0.39, 0.29) is 11.2 Å². The van der Waals surface area contributed by atoms with Crippen LogP contribution in [-0.2, 0) is 9.31 Å². The summed E-state index contributed by atoms with van der Waals surface area (Å²) < 4.78 is 13.9. The molecule has 0 atom stereocenters. The summed E-state index contributed by atoms with van der Waals surface area (Å²) in [7, 11) is -0.471. The van der Waals surface area contributed by atoms with Crippen LogP contribution in [0.5, 0.6) is 0 Å². The van der Waals surface area contributed by atoms with Gasteiger partial charge in [0.1, 0.15) is 5.59 Å². The highest BCUT2D eigenvalue weighted by Gasteiger charge is 2.53. The third kappa shape index (κ3) is 1.56. The highest BCUT2D eigenvalue weighted by molar-refractivity contribution is 6.63. The van der Waals surface area contributed by atoms with E-state index >= 15 is 0 Å². The molecule has 18 heavy (non-hydrogen) atoms. The van der Waals surface area contributed by atoms with Crippen LogP contribution in [0.25, 0.3) is 5.65 Å². The fourth-order valence-corrected chi connectivity index (χ4v) is 2.00. The van der Waals surface area contributed by atoms with E-state index in [0.717, 1.165) is 11.2 Å². The van der Waals surface area contributed by atoms with Crippen molar-refractivity contribution < 1.29 is 9.31 Å². The quantitative estimate of drug-likeness (QED) is 0.704. The molecule has 6 heteroatoms. The van der Waals surface area contributed by atoms with Crippen molar-refractivity contribution >= 4 is 18.4 Å². The van der Waals surface area contributed by atoms with Crippen LogP contribution in [0.3, 0.4) is 0 Å². The molecule has 1 aliphatic heterocycles. The lowest BCUT2D eigenvalue weighted by Gasteiger charge is -2.32. The number of nitrogens with zero attached hydrogens (tertiary/aromatic N) is 3. The zero-order valence-corrected chi connectivity index (χ0v) is 11.0. The molecule has 2 aromatic rings. The van der Waals surface area contributed by atoms with Gasteiger partial charge in [0.2, 0.25) is 0 Å². The van der Waals surface area contributed by atoms with Crippen molar-refractivity contribution in [1.29, 1.82) is 0 Å². The van der Waals surface area contributed by atoms with Crippen molar-refractivity contribution in [3.8, 4) is 0 Å². The molecule has 94 valence electrons. The maximum absolute atomic E-state index is 5.99. The van der Waals surface area contributed by atoms with Crippen molar-refractivity contribution in [3.63, 3.8) is 0 Å². The Morgan fingerprint density at radius 3 is 2.17 bits per heavy atom. The van der Waals surface area contributed by atoms with Gasteiger partial charge in [-0.15, -0.1) is 0 Å². The molecule has 0 spiro atoms. The molecule has 0 N–H and O–H groups in total. The van der Waals surface area contributed by atoms with Gasteiger partial charge in [0, 0.05) is 24.8 Å². The predicted octanol–water partition coefficient (Wildman–Crippen LogP) is 1.03. The Bertz CT molecular complexity index is 578. The molecule has 1 saturated heterocycles. The summed E-state index contributed by atoms with van der Waals surface area (Å²) in [5.74, 6) is 0. The largest absolute Gasteiger partial charge is 0.518 e. The van der Waals surface area contributed by atoms with Crippen LogP contribution in [-0.4, -0.2) is 32.7 Å². The minimum atomic E-state index is -0.471. The second-order valence-corrected chi connectivity index (χ2v) is 5.56.